The van der Waals surface area contributed by atoms with Crippen LogP contribution in [0.15, 0.2) is 29.9 Å². The van der Waals surface area contributed by atoms with E-state index < -0.39 is 64.2 Å². The zero-order valence-electron chi connectivity index (χ0n) is 23.5. The van der Waals surface area contributed by atoms with Crippen LogP contribution >= 0.6 is 0 Å². The van der Waals surface area contributed by atoms with Crippen LogP contribution in [0.4, 0.5) is 0 Å². The number of aliphatic hydroxyl groups is 1. The van der Waals surface area contributed by atoms with Crippen LogP contribution in [0.25, 0.3) is 5.57 Å². The van der Waals surface area contributed by atoms with Crippen LogP contribution in [0.3, 0.4) is 0 Å². The smallest absolute Gasteiger partial charge is 0.235 e. The molecule has 0 radical (unpaired) electrons. The number of aromatic hydroxyl groups is 1. The molecule has 5 aliphatic rings. The van der Waals surface area contributed by atoms with Crippen LogP contribution in [0.1, 0.15) is 80.3 Å². The van der Waals surface area contributed by atoms with Crippen molar-refractivity contribution in [2.24, 2.45) is 47.2 Å². The van der Waals surface area contributed by atoms with E-state index in [4.69, 9.17) is 5.73 Å². The highest BCUT2D eigenvalue weighted by Gasteiger charge is 2.69. The zero-order chi connectivity index (χ0) is 29.4. The summed E-state index contributed by atoms with van der Waals surface area (Å²) in [4.78, 5) is 66.9. The van der Waals surface area contributed by atoms with Gasteiger partial charge in [0, 0.05) is 11.8 Å². The average molecular weight is 560 g/mol. The fourth-order valence-corrected chi connectivity index (χ4v) is 8.65. The third-order valence-electron chi connectivity index (χ3n) is 10.5. The van der Waals surface area contributed by atoms with Crippen molar-refractivity contribution < 1.29 is 34.2 Å². The SMILES string of the molecule is CC(C)[C@@H]1C(=O)C(C(N)=O)C(=O)[C@@]2(O)C(=O)C3C(=O)c4c(O)ccc(C5=CC=C(CC6CCCC6)C5)c4C[C@H]3C[C@@H]12. The number of rotatable bonds is 5. The van der Waals surface area contributed by atoms with E-state index in [0.29, 0.717) is 11.5 Å². The van der Waals surface area contributed by atoms with E-state index >= 15 is 0 Å². The Kier molecular flexibility index (Phi) is 6.68. The van der Waals surface area contributed by atoms with Crippen LogP contribution in [-0.2, 0) is 25.6 Å². The van der Waals surface area contributed by atoms with Crippen molar-refractivity contribution in [3.63, 3.8) is 0 Å². The van der Waals surface area contributed by atoms with Gasteiger partial charge in [0.1, 0.15) is 5.75 Å². The second-order valence-electron chi connectivity index (χ2n) is 13.2. The number of fused-ring (bicyclic) bond motifs is 3. The summed E-state index contributed by atoms with van der Waals surface area (Å²) in [6, 6.07) is 3.29. The molecule has 8 heteroatoms. The summed E-state index contributed by atoms with van der Waals surface area (Å²) < 4.78 is 0. The number of carbonyl (C=O) groups is 5. The van der Waals surface area contributed by atoms with Gasteiger partial charge in [-0.05, 0) is 66.2 Å². The molecule has 8 nitrogen and oxygen atoms in total. The predicted molar refractivity (Wildman–Crippen MR) is 149 cm³/mol. The quantitative estimate of drug-likeness (QED) is 0.467. The van der Waals surface area contributed by atoms with E-state index in [9.17, 15) is 34.2 Å². The molecule has 0 bridgehead atoms. The molecule has 6 atom stereocenters. The van der Waals surface area contributed by atoms with Gasteiger partial charge in [-0.15, -0.1) is 0 Å². The Hall–Kier alpha value is -3.39. The van der Waals surface area contributed by atoms with E-state index in [1.807, 2.05) is 6.07 Å². The Balaban J connectivity index is 1.36. The first-order chi connectivity index (χ1) is 19.4. The van der Waals surface area contributed by atoms with Crippen molar-refractivity contribution >= 4 is 34.6 Å². The molecule has 2 unspecified atom stereocenters. The number of nitrogens with two attached hydrogens (primary N) is 1. The first-order valence-electron chi connectivity index (χ1n) is 14.9. The van der Waals surface area contributed by atoms with Gasteiger partial charge in [0.25, 0.3) is 0 Å². The number of hydrogen-bond acceptors (Lipinski definition) is 7. The van der Waals surface area contributed by atoms with Gasteiger partial charge in [-0.2, -0.15) is 0 Å². The third-order valence-corrected chi connectivity index (χ3v) is 10.5. The highest BCUT2D eigenvalue weighted by atomic mass is 16.3. The van der Waals surface area contributed by atoms with E-state index in [-0.39, 0.29) is 30.1 Å². The van der Waals surface area contributed by atoms with Gasteiger partial charge in [0.15, 0.2) is 34.7 Å². The standard InChI is InChI=1S/C33H37NO7/c1-15(2)24-22-14-19-13-21-20(18-8-7-17(12-18)11-16-5-3-4-6-16)9-10-23(35)26(21)29(37)25(19)30(38)33(22,41)31(39)27(28(24)36)32(34)40/h7-10,15-16,19,22,24-25,27,35,41H,3-6,11-14H2,1-2H3,(H2,34,40)/t19-,22-,24-,25?,27?,33-/m0/s1. The largest absolute Gasteiger partial charge is 0.507 e. The van der Waals surface area contributed by atoms with Gasteiger partial charge in [0.2, 0.25) is 5.91 Å². The highest BCUT2D eigenvalue weighted by molar-refractivity contribution is 6.32. The molecule has 1 amide bonds. The summed E-state index contributed by atoms with van der Waals surface area (Å²) in [5.74, 6) is -10.5. The van der Waals surface area contributed by atoms with Crippen molar-refractivity contribution in [2.75, 3.05) is 0 Å². The minimum Gasteiger partial charge on any atom is -0.507 e. The van der Waals surface area contributed by atoms with Crippen molar-refractivity contribution in [3.05, 3.63) is 46.5 Å². The number of ketones is 4. The Labute approximate surface area is 239 Å². The maximum atomic E-state index is 14.0. The molecule has 1 aromatic rings. The Bertz CT molecular complexity index is 1450. The number of allylic oxidation sites excluding steroid dienone is 4. The minimum absolute atomic E-state index is 0.0514. The van der Waals surface area contributed by atoms with Crippen LogP contribution in [0, 0.1) is 41.4 Å². The summed E-state index contributed by atoms with van der Waals surface area (Å²) in [6.07, 6.45) is 11.5. The van der Waals surface area contributed by atoms with Crippen molar-refractivity contribution in [1.82, 2.24) is 0 Å². The van der Waals surface area contributed by atoms with Crippen molar-refractivity contribution in [3.8, 4) is 5.75 Å². The van der Waals surface area contributed by atoms with Gasteiger partial charge >= 0.3 is 0 Å². The molecule has 0 saturated heterocycles. The van der Waals surface area contributed by atoms with Crippen LogP contribution in [0.5, 0.6) is 5.75 Å². The molecular weight excluding hydrogens is 522 g/mol. The van der Waals surface area contributed by atoms with Crippen LogP contribution < -0.4 is 5.73 Å². The second kappa shape index (κ2) is 9.86. The topological polar surface area (TPSA) is 152 Å². The molecule has 3 saturated carbocycles. The molecule has 216 valence electrons. The summed E-state index contributed by atoms with van der Waals surface area (Å²) in [5, 5.41) is 22.6. The molecule has 0 aromatic heterocycles. The van der Waals surface area contributed by atoms with Crippen molar-refractivity contribution in [1.29, 1.82) is 0 Å². The fraction of sp³-hybridized carbons (Fsp3) is 0.545. The number of hydrogen-bond donors (Lipinski definition) is 3. The number of primary amides is 1. The monoisotopic (exact) mass is 559 g/mol. The van der Waals surface area contributed by atoms with Gasteiger partial charge < -0.3 is 15.9 Å². The average Bonchev–Trinajstić information content (AvgIpc) is 3.59. The summed E-state index contributed by atoms with van der Waals surface area (Å²) in [6.45, 7) is 3.49. The fourth-order valence-electron chi connectivity index (χ4n) is 8.65. The lowest BCUT2D eigenvalue weighted by atomic mass is 9.49. The zero-order valence-corrected chi connectivity index (χ0v) is 23.5. The molecule has 3 fully saturated rings. The molecule has 0 aliphatic heterocycles. The predicted octanol–water partition coefficient (Wildman–Crippen LogP) is 3.50. The first-order valence-corrected chi connectivity index (χ1v) is 14.9. The van der Waals surface area contributed by atoms with Gasteiger partial charge in [-0.3, -0.25) is 24.0 Å². The Morgan fingerprint density at radius 3 is 2.44 bits per heavy atom. The Morgan fingerprint density at radius 1 is 1.07 bits per heavy atom. The van der Waals surface area contributed by atoms with Crippen LogP contribution in [0.2, 0.25) is 0 Å². The summed E-state index contributed by atoms with van der Waals surface area (Å²) in [7, 11) is 0. The lowest BCUT2D eigenvalue weighted by molar-refractivity contribution is -0.182. The molecule has 6 rings (SSSR count). The van der Waals surface area contributed by atoms with Crippen molar-refractivity contribution in [2.45, 2.75) is 70.8 Å². The number of carbonyl (C=O) groups excluding carboxylic acids is 5. The molecule has 5 aliphatic carbocycles. The van der Waals surface area contributed by atoms with Crippen LogP contribution in [-0.4, -0.2) is 44.9 Å². The molecule has 4 N–H and O–H groups in total. The number of phenols is 1. The molecule has 0 spiro atoms. The van der Waals surface area contributed by atoms with E-state index in [1.165, 1.54) is 37.3 Å². The first kappa shape index (κ1) is 27.8. The molecule has 1 aromatic carbocycles. The van der Waals surface area contributed by atoms with Gasteiger partial charge in [0.05, 0.1) is 11.5 Å². The number of phenolic OH excluding ortho intramolecular Hbond substituents is 1. The maximum absolute atomic E-state index is 14.0. The number of Topliss-reactive ketones (excluding diaryl/α,β-unsaturated/α-hetero) is 4. The lowest BCUT2D eigenvalue weighted by Crippen LogP contribution is -2.71. The van der Waals surface area contributed by atoms with Gasteiger partial charge in [-0.25, -0.2) is 0 Å². The summed E-state index contributed by atoms with van der Waals surface area (Å²) in [5.41, 5.74) is 6.73. The molecule has 0 heterocycles. The lowest BCUT2D eigenvalue weighted by Gasteiger charge is -2.52. The third kappa shape index (κ3) is 4.09. The minimum atomic E-state index is -2.67. The van der Waals surface area contributed by atoms with E-state index in [1.54, 1.807) is 13.8 Å². The molecule has 41 heavy (non-hydrogen) atoms. The Morgan fingerprint density at radius 2 is 1.78 bits per heavy atom. The second-order valence-corrected chi connectivity index (χ2v) is 13.2. The van der Waals surface area contributed by atoms with E-state index in [2.05, 4.69) is 12.2 Å². The number of amides is 1. The summed E-state index contributed by atoms with van der Waals surface area (Å²) >= 11 is 0. The molecular formula is C33H37NO7. The normalized spacial score (nSPS) is 33.4. The number of benzene rings is 1. The van der Waals surface area contributed by atoms with E-state index in [0.717, 1.165) is 24.0 Å². The maximum Gasteiger partial charge on any atom is 0.235 e. The highest BCUT2D eigenvalue weighted by Crippen LogP contribution is 2.53. The van der Waals surface area contributed by atoms with Gasteiger partial charge in [-0.1, -0.05) is 63.3 Å².